The average Bonchev–Trinajstić information content (AvgIpc) is 3.36. The lowest BCUT2D eigenvalue weighted by atomic mass is 10.1. The Kier molecular flexibility index (Phi) is 8.75. The van der Waals surface area contributed by atoms with E-state index in [1.807, 2.05) is 30.5 Å². The van der Waals surface area contributed by atoms with Crippen molar-refractivity contribution in [1.29, 1.82) is 0 Å². The lowest BCUT2D eigenvalue weighted by Crippen LogP contribution is -2.46. The van der Waals surface area contributed by atoms with Gasteiger partial charge in [0.1, 0.15) is 6.54 Å². The van der Waals surface area contributed by atoms with Gasteiger partial charge in [0.05, 0.1) is 10.5 Å². The van der Waals surface area contributed by atoms with Crippen LogP contribution in [0.5, 0.6) is 0 Å². The number of rotatable bonds is 10. The predicted molar refractivity (Wildman–Crippen MR) is 148 cm³/mol. The molecule has 0 bridgehead atoms. The number of hydrogen-bond acceptors (Lipinski definition) is 4. The van der Waals surface area contributed by atoms with Crippen LogP contribution in [0.2, 0.25) is 0 Å². The molecule has 1 N–H and O–H groups in total. The Morgan fingerprint density at radius 1 is 0.976 bits per heavy atom. The van der Waals surface area contributed by atoms with Crippen molar-refractivity contribution in [3.63, 3.8) is 0 Å². The van der Waals surface area contributed by atoms with Gasteiger partial charge in [0.15, 0.2) is 0 Å². The van der Waals surface area contributed by atoms with E-state index in [4.69, 9.17) is 0 Å². The van der Waals surface area contributed by atoms with Gasteiger partial charge in [-0.05, 0) is 61.7 Å². The number of nitro benzene ring substituents is 1. The monoisotopic (exact) mass is 566 g/mol. The van der Waals surface area contributed by atoms with Crippen LogP contribution in [0.15, 0.2) is 79.0 Å². The number of H-pyrrole nitrogens is 1. The molecular formula is C30H29F3N4O4. The van der Waals surface area contributed by atoms with Crippen LogP contribution >= 0.6 is 0 Å². The molecule has 0 aliphatic heterocycles. The van der Waals surface area contributed by atoms with E-state index in [9.17, 15) is 32.9 Å². The van der Waals surface area contributed by atoms with E-state index in [0.29, 0.717) is 12.0 Å². The van der Waals surface area contributed by atoms with Crippen molar-refractivity contribution in [2.75, 3.05) is 13.1 Å². The Morgan fingerprint density at radius 3 is 2.24 bits per heavy atom. The number of aromatic amines is 1. The van der Waals surface area contributed by atoms with Crippen molar-refractivity contribution in [1.82, 2.24) is 14.8 Å². The van der Waals surface area contributed by atoms with Gasteiger partial charge in [-0.15, -0.1) is 0 Å². The largest absolute Gasteiger partial charge is 0.416 e. The van der Waals surface area contributed by atoms with Crippen molar-refractivity contribution >= 4 is 28.4 Å². The summed E-state index contributed by atoms with van der Waals surface area (Å²) in [5, 5.41) is 12.0. The molecule has 0 radical (unpaired) electrons. The maximum absolute atomic E-state index is 13.6. The van der Waals surface area contributed by atoms with E-state index in [2.05, 4.69) is 4.98 Å². The molecule has 214 valence electrons. The highest BCUT2D eigenvalue weighted by atomic mass is 19.4. The summed E-state index contributed by atoms with van der Waals surface area (Å²) in [4.78, 5) is 43.4. The molecule has 4 aromatic rings. The number of para-hydroxylation sites is 1. The number of non-ortho nitro benzene ring substituents is 1. The Balaban J connectivity index is 1.56. The maximum Gasteiger partial charge on any atom is 0.416 e. The molecule has 0 spiro atoms. The van der Waals surface area contributed by atoms with Gasteiger partial charge in [0.2, 0.25) is 5.91 Å². The van der Waals surface area contributed by atoms with Crippen LogP contribution in [0.3, 0.4) is 0 Å². The summed E-state index contributed by atoms with van der Waals surface area (Å²) in [7, 11) is 0. The first-order chi connectivity index (χ1) is 19.4. The van der Waals surface area contributed by atoms with Crippen LogP contribution in [0, 0.1) is 10.1 Å². The van der Waals surface area contributed by atoms with Gasteiger partial charge in [-0.2, -0.15) is 13.2 Å². The highest BCUT2D eigenvalue weighted by Crippen LogP contribution is 2.29. The Bertz CT molecular complexity index is 1530. The summed E-state index contributed by atoms with van der Waals surface area (Å²) in [6.45, 7) is 3.55. The zero-order valence-electron chi connectivity index (χ0n) is 22.5. The first kappa shape index (κ1) is 29.3. The minimum Gasteiger partial charge on any atom is -0.361 e. The van der Waals surface area contributed by atoms with Gasteiger partial charge < -0.3 is 14.8 Å². The molecule has 8 nitrogen and oxygen atoms in total. The first-order valence-electron chi connectivity index (χ1n) is 13.0. The Labute approximate surface area is 234 Å². The van der Waals surface area contributed by atoms with E-state index < -0.39 is 22.6 Å². The van der Waals surface area contributed by atoms with Gasteiger partial charge in [0, 0.05) is 53.9 Å². The standard InChI is InChI=1S/C30H29F3N4O4/c1-20(2)36(29(39)22-9-13-25(14-10-22)37(40)41)19-28(38)35(18-21-7-11-24(12-8-21)30(31,32)33)16-15-23-17-34-27-6-4-3-5-26(23)27/h3-14,17,20,34H,15-16,18-19H2,1-2H3. The molecule has 4 rings (SSSR count). The second-order valence-corrected chi connectivity index (χ2v) is 9.95. The number of nitro groups is 1. The van der Waals surface area contributed by atoms with Gasteiger partial charge in [-0.25, -0.2) is 0 Å². The highest BCUT2D eigenvalue weighted by molar-refractivity contribution is 5.97. The molecule has 0 aliphatic carbocycles. The molecule has 0 unspecified atom stereocenters. The molecule has 11 heteroatoms. The fraction of sp³-hybridized carbons (Fsp3) is 0.267. The third-order valence-electron chi connectivity index (χ3n) is 6.85. The van der Waals surface area contributed by atoms with Crippen molar-refractivity contribution in [2.45, 2.75) is 39.0 Å². The van der Waals surface area contributed by atoms with Crippen LogP contribution < -0.4 is 0 Å². The molecule has 0 atom stereocenters. The topological polar surface area (TPSA) is 99.6 Å². The van der Waals surface area contributed by atoms with Crippen LogP contribution in [0.25, 0.3) is 10.9 Å². The molecular weight excluding hydrogens is 537 g/mol. The fourth-order valence-electron chi connectivity index (χ4n) is 4.53. The van der Waals surface area contributed by atoms with Crippen LogP contribution in [-0.2, 0) is 23.9 Å². The molecule has 1 aromatic heterocycles. The highest BCUT2D eigenvalue weighted by Gasteiger charge is 2.30. The molecule has 1 heterocycles. The number of halogens is 3. The zero-order chi connectivity index (χ0) is 29.7. The van der Waals surface area contributed by atoms with Crippen molar-refractivity contribution in [2.24, 2.45) is 0 Å². The molecule has 0 saturated carbocycles. The second-order valence-electron chi connectivity index (χ2n) is 9.95. The smallest absolute Gasteiger partial charge is 0.361 e. The van der Waals surface area contributed by atoms with Gasteiger partial charge in [0.25, 0.3) is 11.6 Å². The third kappa shape index (κ3) is 7.10. The minimum absolute atomic E-state index is 0.0526. The molecule has 3 aromatic carbocycles. The maximum atomic E-state index is 13.6. The number of carbonyl (C=O) groups excluding carboxylic acids is 2. The lowest BCUT2D eigenvalue weighted by molar-refractivity contribution is -0.384. The van der Waals surface area contributed by atoms with Crippen LogP contribution in [0.1, 0.15) is 40.9 Å². The van der Waals surface area contributed by atoms with E-state index >= 15 is 0 Å². The number of aromatic nitrogens is 1. The molecule has 2 amide bonds. The van der Waals surface area contributed by atoms with Crippen LogP contribution in [0.4, 0.5) is 18.9 Å². The Hall–Kier alpha value is -4.67. The number of carbonyl (C=O) groups is 2. The summed E-state index contributed by atoms with van der Waals surface area (Å²) < 4.78 is 39.2. The lowest BCUT2D eigenvalue weighted by Gasteiger charge is -2.30. The number of nitrogens with one attached hydrogen (secondary N) is 1. The number of amides is 2. The normalized spacial score (nSPS) is 11.6. The molecule has 41 heavy (non-hydrogen) atoms. The summed E-state index contributed by atoms with van der Waals surface area (Å²) in [6.07, 6.45) is -2.13. The summed E-state index contributed by atoms with van der Waals surface area (Å²) >= 11 is 0. The van der Waals surface area contributed by atoms with Crippen molar-refractivity contribution in [3.05, 3.63) is 111 Å². The van der Waals surface area contributed by atoms with Crippen molar-refractivity contribution < 1.29 is 27.7 Å². The minimum atomic E-state index is -4.47. The zero-order valence-corrected chi connectivity index (χ0v) is 22.5. The molecule has 0 aliphatic rings. The summed E-state index contributed by atoms with van der Waals surface area (Å²) in [5.74, 6) is -0.844. The van der Waals surface area contributed by atoms with Gasteiger partial charge in [-0.1, -0.05) is 30.3 Å². The number of nitrogens with zero attached hydrogens (tertiary/aromatic N) is 3. The number of hydrogen-bond donors (Lipinski definition) is 1. The van der Waals surface area contributed by atoms with Crippen molar-refractivity contribution in [3.8, 4) is 0 Å². The quantitative estimate of drug-likeness (QED) is 0.182. The van der Waals surface area contributed by atoms with Gasteiger partial charge >= 0.3 is 6.18 Å². The van der Waals surface area contributed by atoms with E-state index in [0.717, 1.165) is 28.6 Å². The van der Waals surface area contributed by atoms with E-state index in [1.165, 1.54) is 46.2 Å². The first-order valence-corrected chi connectivity index (χ1v) is 13.0. The SMILES string of the molecule is CC(C)N(CC(=O)N(CCc1c[nH]c2ccccc12)Cc1ccc(C(F)(F)F)cc1)C(=O)c1ccc([N+](=O)[O-])cc1. The summed E-state index contributed by atoms with van der Waals surface area (Å²) in [5.41, 5.74) is 1.70. The predicted octanol–water partition coefficient (Wildman–Crippen LogP) is 6.22. The average molecular weight is 567 g/mol. The third-order valence-corrected chi connectivity index (χ3v) is 6.85. The van der Waals surface area contributed by atoms with Gasteiger partial charge in [-0.3, -0.25) is 19.7 Å². The summed E-state index contributed by atoms with van der Waals surface area (Å²) in [6, 6.07) is 17.1. The van der Waals surface area contributed by atoms with E-state index in [1.54, 1.807) is 13.8 Å². The number of benzene rings is 3. The van der Waals surface area contributed by atoms with E-state index in [-0.39, 0.29) is 42.8 Å². The van der Waals surface area contributed by atoms with Crippen LogP contribution in [-0.4, -0.2) is 50.7 Å². The Morgan fingerprint density at radius 2 is 1.63 bits per heavy atom. The fourth-order valence-corrected chi connectivity index (χ4v) is 4.53. The number of alkyl halides is 3. The molecule has 0 fully saturated rings. The number of fused-ring (bicyclic) bond motifs is 1. The second kappa shape index (κ2) is 12.2. The molecule has 0 saturated heterocycles.